The van der Waals surface area contributed by atoms with Crippen molar-refractivity contribution < 1.29 is 18.3 Å². The van der Waals surface area contributed by atoms with Gasteiger partial charge in [-0.1, -0.05) is 43.4 Å². The number of aryl methyl sites for hydroxylation is 1. The van der Waals surface area contributed by atoms with Crippen LogP contribution in [0.15, 0.2) is 53.5 Å². The first-order valence-electron chi connectivity index (χ1n) is 15.1. The molecule has 0 radical (unpaired) electrons. The van der Waals surface area contributed by atoms with Crippen molar-refractivity contribution in [2.24, 2.45) is 5.92 Å². The lowest BCUT2D eigenvalue weighted by Crippen LogP contribution is -2.39. The summed E-state index contributed by atoms with van der Waals surface area (Å²) in [6, 6.07) is 14.0. The zero-order chi connectivity index (χ0) is 31.6. The van der Waals surface area contributed by atoms with Crippen LogP contribution in [-0.4, -0.2) is 45.3 Å². The molecule has 0 unspecified atom stereocenters. The van der Waals surface area contributed by atoms with Gasteiger partial charge in [-0.2, -0.15) is 0 Å². The number of carbonyl (C=O) groups excluding carboxylic acids is 1. The Morgan fingerprint density at radius 3 is 2.48 bits per heavy atom. The van der Waals surface area contributed by atoms with Gasteiger partial charge in [-0.3, -0.25) is 14.3 Å². The molecule has 12 heteroatoms. The van der Waals surface area contributed by atoms with Crippen LogP contribution in [-0.2, 0) is 18.0 Å². The van der Waals surface area contributed by atoms with Crippen molar-refractivity contribution in [1.29, 1.82) is 0 Å². The molecule has 8 nitrogen and oxygen atoms in total. The van der Waals surface area contributed by atoms with E-state index in [1.807, 2.05) is 52.5 Å². The number of hydrogen-bond donors (Lipinski definition) is 1. The normalized spacial score (nSPS) is 17.5. The number of imidazole rings is 1. The highest BCUT2D eigenvalue weighted by Gasteiger charge is 2.28. The molecule has 1 N–H and O–H groups in total. The van der Waals surface area contributed by atoms with Crippen LogP contribution < -0.4 is 11.0 Å². The van der Waals surface area contributed by atoms with E-state index in [0.29, 0.717) is 32.7 Å². The molecule has 0 bridgehead atoms. The maximum absolute atomic E-state index is 14.0. The van der Waals surface area contributed by atoms with Crippen LogP contribution in [0.5, 0.6) is 0 Å². The van der Waals surface area contributed by atoms with Crippen molar-refractivity contribution in [2.45, 2.75) is 84.0 Å². The second-order valence-corrected chi connectivity index (χ2v) is 19.0. The van der Waals surface area contributed by atoms with Gasteiger partial charge in [-0.05, 0) is 74.9 Å². The number of benzene rings is 1. The highest BCUT2D eigenvalue weighted by Crippen LogP contribution is 2.29. The van der Waals surface area contributed by atoms with Crippen LogP contribution in [0.3, 0.4) is 0 Å². The van der Waals surface area contributed by atoms with Crippen LogP contribution in [0.2, 0.25) is 30.7 Å². The first-order valence-corrected chi connectivity index (χ1v) is 19.2. The van der Waals surface area contributed by atoms with E-state index in [1.165, 1.54) is 6.07 Å². The molecule has 236 valence electrons. The summed E-state index contributed by atoms with van der Waals surface area (Å²) < 4.78 is 38.6. The minimum Gasteiger partial charge on any atom is -0.361 e. The molecule has 5 rings (SSSR count). The van der Waals surface area contributed by atoms with Gasteiger partial charge in [0, 0.05) is 39.2 Å². The maximum atomic E-state index is 14.0. The number of nitrogens with one attached hydrogen (secondary N) is 1. The summed E-state index contributed by atoms with van der Waals surface area (Å²) in [5, 5.41) is 3.02. The summed E-state index contributed by atoms with van der Waals surface area (Å²) in [5.74, 6) is 0.407. The number of alkyl halides is 2. The van der Waals surface area contributed by atoms with Crippen molar-refractivity contribution in [3.63, 3.8) is 0 Å². The largest absolute Gasteiger partial charge is 0.361 e. The maximum Gasteiger partial charge on any atom is 0.334 e. The van der Waals surface area contributed by atoms with Crippen LogP contribution in [0.25, 0.3) is 16.9 Å². The molecule has 4 aromatic rings. The Balaban J connectivity index is 1.30. The predicted molar refractivity (Wildman–Crippen MR) is 172 cm³/mol. The third-order valence-electron chi connectivity index (χ3n) is 8.42. The average Bonchev–Trinajstić information content (AvgIpc) is 3.46. The van der Waals surface area contributed by atoms with Gasteiger partial charge in [-0.25, -0.2) is 18.1 Å². The minimum atomic E-state index is -2.88. The van der Waals surface area contributed by atoms with E-state index in [0.717, 1.165) is 47.6 Å². The second-order valence-electron chi connectivity index (χ2n) is 12.9. The number of pyridine rings is 1. The molecular weight excluding hydrogens is 604 g/mol. The van der Waals surface area contributed by atoms with Gasteiger partial charge < -0.3 is 14.6 Å². The molecule has 1 aromatic carbocycles. The minimum absolute atomic E-state index is 0.101. The molecule has 1 fully saturated rings. The van der Waals surface area contributed by atoms with Gasteiger partial charge in [0.15, 0.2) is 0 Å². The summed E-state index contributed by atoms with van der Waals surface area (Å²) in [6.07, 6.45) is 1.17. The number of ether oxygens (including phenoxy) is 1. The molecule has 1 saturated carbocycles. The summed E-state index contributed by atoms with van der Waals surface area (Å²) in [4.78, 5) is 30.5. The van der Waals surface area contributed by atoms with Gasteiger partial charge in [0.25, 0.3) is 12.3 Å². The highest BCUT2D eigenvalue weighted by molar-refractivity contribution is 6.76. The Morgan fingerprint density at radius 2 is 1.80 bits per heavy atom. The quantitative estimate of drug-likeness (QED) is 0.139. The van der Waals surface area contributed by atoms with Gasteiger partial charge in [0.05, 0.1) is 21.6 Å². The van der Waals surface area contributed by atoms with E-state index >= 15 is 0 Å². The lowest BCUT2D eigenvalue weighted by Gasteiger charge is -2.29. The molecule has 0 aliphatic heterocycles. The number of hydrogen-bond acceptors (Lipinski definition) is 4. The van der Waals surface area contributed by atoms with Crippen molar-refractivity contribution >= 4 is 36.6 Å². The Morgan fingerprint density at radius 1 is 1.09 bits per heavy atom. The Labute approximate surface area is 262 Å². The van der Waals surface area contributed by atoms with Crippen LogP contribution in [0.4, 0.5) is 8.78 Å². The van der Waals surface area contributed by atoms with Crippen LogP contribution in [0.1, 0.15) is 53.9 Å². The topological polar surface area (TPSA) is 83.1 Å². The standard InChI is InChI=1S/C32H40ClF2N5O3Si/c1-21-9-14-28(39(21)20-43-15-16-44(2,3)4)40-27-8-6-5-7-26(27)38(32(40)42)19-22-10-12-24(13-11-22)37-31(41)25-17-23(33)18-36-29(25)30(34)35/h5-9,14,17-18,22,24,30H,10-13,15-16,19-20H2,1-4H3,(H,37,41). The molecule has 3 heterocycles. The lowest BCUT2D eigenvalue weighted by atomic mass is 9.85. The van der Waals surface area contributed by atoms with E-state index in [-0.39, 0.29) is 28.2 Å². The summed E-state index contributed by atoms with van der Waals surface area (Å²) in [7, 11) is -1.22. The number of halogens is 3. The number of para-hydroxylation sites is 2. The molecular formula is C32H40ClF2N5O3Si. The molecule has 1 aliphatic carbocycles. The highest BCUT2D eigenvalue weighted by atomic mass is 35.5. The van der Waals surface area contributed by atoms with Crippen LogP contribution >= 0.6 is 11.6 Å². The number of aromatic nitrogens is 4. The number of fused-ring (bicyclic) bond motifs is 1. The summed E-state index contributed by atoms with van der Waals surface area (Å²) in [5.41, 5.74) is 1.85. The first-order chi connectivity index (χ1) is 20.9. The number of carbonyl (C=O) groups is 1. The number of nitrogens with zero attached hydrogens (tertiary/aromatic N) is 4. The zero-order valence-electron chi connectivity index (χ0n) is 25.7. The molecule has 0 spiro atoms. The molecule has 0 saturated heterocycles. The first kappa shape index (κ1) is 32.1. The fourth-order valence-electron chi connectivity index (χ4n) is 5.88. The molecule has 0 atom stereocenters. The van der Waals surface area contributed by atoms with Gasteiger partial charge in [-0.15, -0.1) is 0 Å². The lowest BCUT2D eigenvalue weighted by molar-refractivity contribution is 0.0860. The smallest absolute Gasteiger partial charge is 0.334 e. The van der Waals surface area contributed by atoms with E-state index in [4.69, 9.17) is 16.3 Å². The third kappa shape index (κ3) is 7.16. The third-order valence-corrected chi connectivity index (χ3v) is 10.3. The second kappa shape index (κ2) is 13.4. The molecule has 1 amide bonds. The fraction of sp³-hybridized carbons (Fsp3) is 0.469. The van der Waals surface area contributed by atoms with E-state index < -0.39 is 26.1 Å². The van der Waals surface area contributed by atoms with E-state index in [9.17, 15) is 18.4 Å². The Bertz CT molecular complexity index is 1690. The van der Waals surface area contributed by atoms with Gasteiger partial charge >= 0.3 is 5.69 Å². The van der Waals surface area contributed by atoms with Crippen molar-refractivity contribution in [2.75, 3.05) is 6.61 Å². The van der Waals surface area contributed by atoms with Crippen molar-refractivity contribution in [3.05, 3.63) is 81.1 Å². The van der Waals surface area contributed by atoms with E-state index in [1.54, 1.807) is 4.57 Å². The Hall–Kier alpha value is -3.28. The van der Waals surface area contributed by atoms with Crippen molar-refractivity contribution in [3.8, 4) is 5.82 Å². The number of amides is 1. The van der Waals surface area contributed by atoms with E-state index in [2.05, 4.69) is 29.9 Å². The predicted octanol–water partition coefficient (Wildman–Crippen LogP) is 7.19. The van der Waals surface area contributed by atoms with Crippen molar-refractivity contribution in [1.82, 2.24) is 24.0 Å². The fourth-order valence-corrected chi connectivity index (χ4v) is 6.79. The average molecular weight is 644 g/mol. The Kier molecular flexibility index (Phi) is 9.76. The number of rotatable bonds is 11. The molecule has 3 aromatic heterocycles. The summed E-state index contributed by atoms with van der Waals surface area (Å²) >= 11 is 5.93. The zero-order valence-corrected chi connectivity index (χ0v) is 27.4. The SMILES string of the molecule is Cc1ccc(-n2c(=O)n(CC3CCC(NC(=O)c4cc(Cl)cnc4C(F)F)CC3)c3ccccc32)n1COCC[Si](C)(C)C. The van der Waals surface area contributed by atoms with Gasteiger partial charge in [0.1, 0.15) is 18.2 Å². The monoisotopic (exact) mass is 643 g/mol. The molecule has 1 aliphatic rings. The summed E-state index contributed by atoms with van der Waals surface area (Å²) in [6.45, 7) is 10.6. The molecule has 44 heavy (non-hydrogen) atoms. The van der Waals surface area contributed by atoms with Crippen LogP contribution in [0, 0.1) is 12.8 Å². The van der Waals surface area contributed by atoms with Gasteiger partial charge in [0.2, 0.25) is 0 Å².